The molecule has 1 N–H and O–H groups in total. The van der Waals surface area contributed by atoms with Gasteiger partial charge in [0.15, 0.2) is 0 Å². The molecule has 0 aromatic carbocycles. The highest BCUT2D eigenvalue weighted by molar-refractivity contribution is 5.88. The molecule has 7 heteroatoms. The van der Waals surface area contributed by atoms with Crippen molar-refractivity contribution in [2.24, 2.45) is 0 Å². The van der Waals surface area contributed by atoms with Crippen LogP contribution in [0.15, 0.2) is 15.0 Å². The van der Waals surface area contributed by atoms with Crippen LogP contribution in [0.25, 0.3) is 0 Å². The Balaban J connectivity index is 1.95. The van der Waals surface area contributed by atoms with Crippen LogP contribution >= 0.6 is 0 Å². The Labute approximate surface area is 133 Å². The first-order valence-electron chi connectivity index (χ1n) is 7.28. The summed E-state index contributed by atoms with van der Waals surface area (Å²) in [5.74, 6) is 0.420. The normalized spacial score (nSPS) is 10.8. The lowest BCUT2D eigenvalue weighted by Gasteiger charge is -2.15. The molecule has 7 nitrogen and oxygen atoms in total. The van der Waals surface area contributed by atoms with E-state index in [2.05, 4.69) is 5.16 Å². The second-order valence-corrected chi connectivity index (χ2v) is 5.54. The summed E-state index contributed by atoms with van der Waals surface area (Å²) in [7, 11) is 1.66. The summed E-state index contributed by atoms with van der Waals surface area (Å²) in [4.78, 5) is 24.7. The molecule has 0 fully saturated rings. The number of hydrogen-bond donors (Lipinski definition) is 1. The highest BCUT2D eigenvalue weighted by Gasteiger charge is 2.18. The maximum absolute atomic E-state index is 12.2. The van der Waals surface area contributed by atoms with Crippen molar-refractivity contribution < 1.29 is 23.6 Å². The van der Waals surface area contributed by atoms with Gasteiger partial charge >= 0.3 is 5.97 Å². The van der Waals surface area contributed by atoms with E-state index in [-0.39, 0.29) is 18.0 Å². The second-order valence-electron chi connectivity index (χ2n) is 5.54. The third-order valence-electron chi connectivity index (χ3n) is 3.79. The molecule has 0 spiro atoms. The summed E-state index contributed by atoms with van der Waals surface area (Å²) in [6, 6.07) is 1.45. The zero-order valence-electron chi connectivity index (χ0n) is 13.7. The molecular weight excluding hydrogens is 300 g/mol. The lowest BCUT2D eigenvalue weighted by molar-refractivity contribution is -0.130. The number of nitrogens with zero attached hydrogens (tertiary/aromatic N) is 2. The van der Waals surface area contributed by atoms with Crippen LogP contribution in [-0.4, -0.2) is 34.1 Å². The molecule has 0 atom stereocenters. The van der Waals surface area contributed by atoms with Crippen LogP contribution in [0.4, 0.5) is 0 Å². The van der Waals surface area contributed by atoms with Gasteiger partial charge in [-0.05, 0) is 33.3 Å². The quantitative estimate of drug-likeness (QED) is 0.878. The number of aromatic carboxylic acids is 1. The number of amides is 1. The third-order valence-corrected chi connectivity index (χ3v) is 3.79. The van der Waals surface area contributed by atoms with Gasteiger partial charge in [0.25, 0.3) is 0 Å². The minimum absolute atomic E-state index is 0.0593. The third kappa shape index (κ3) is 3.80. The topological polar surface area (TPSA) is 96.8 Å². The van der Waals surface area contributed by atoms with E-state index in [1.165, 1.54) is 11.0 Å². The predicted molar refractivity (Wildman–Crippen MR) is 81.2 cm³/mol. The van der Waals surface area contributed by atoms with E-state index in [4.69, 9.17) is 14.0 Å². The molecule has 1 amide bonds. The van der Waals surface area contributed by atoms with Crippen molar-refractivity contribution in [3.63, 3.8) is 0 Å². The average molecular weight is 320 g/mol. The molecule has 0 unspecified atom stereocenters. The van der Waals surface area contributed by atoms with Crippen LogP contribution < -0.4 is 0 Å². The highest BCUT2D eigenvalue weighted by Crippen LogP contribution is 2.18. The Morgan fingerprint density at radius 2 is 1.96 bits per heavy atom. The molecule has 2 aromatic heterocycles. The number of rotatable bonds is 6. The van der Waals surface area contributed by atoms with Crippen LogP contribution in [0.5, 0.6) is 0 Å². The fourth-order valence-corrected chi connectivity index (χ4v) is 2.44. The van der Waals surface area contributed by atoms with Crippen molar-refractivity contribution in [2.45, 2.75) is 40.2 Å². The van der Waals surface area contributed by atoms with E-state index in [1.807, 2.05) is 13.8 Å². The zero-order valence-corrected chi connectivity index (χ0v) is 13.7. The Hall–Kier alpha value is -2.57. The minimum Gasteiger partial charge on any atom is -0.478 e. The van der Waals surface area contributed by atoms with Crippen LogP contribution in [0.3, 0.4) is 0 Å². The molecule has 23 heavy (non-hydrogen) atoms. The van der Waals surface area contributed by atoms with E-state index >= 15 is 0 Å². The van der Waals surface area contributed by atoms with Gasteiger partial charge in [-0.1, -0.05) is 5.16 Å². The molecule has 2 heterocycles. The lowest BCUT2D eigenvalue weighted by atomic mass is 10.1. The highest BCUT2D eigenvalue weighted by atomic mass is 16.5. The number of furan rings is 1. The zero-order chi connectivity index (χ0) is 17.1. The molecule has 0 bridgehead atoms. The van der Waals surface area contributed by atoms with Crippen molar-refractivity contribution in [1.82, 2.24) is 10.1 Å². The van der Waals surface area contributed by atoms with Gasteiger partial charge in [0, 0.05) is 19.0 Å². The van der Waals surface area contributed by atoms with E-state index in [0.29, 0.717) is 24.4 Å². The summed E-state index contributed by atoms with van der Waals surface area (Å²) in [5, 5.41) is 12.9. The van der Waals surface area contributed by atoms with E-state index in [0.717, 1.165) is 17.0 Å². The fourth-order valence-electron chi connectivity index (χ4n) is 2.44. The Kier molecular flexibility index (Phi) is 4.88. The summed E-state index contributed by atoms with van der Waals surface area (Å²) in [5.41, 5.74) is 1.87. The van der Waals surface area contributed by atoms with Gasteiger partial charge in [-0.15, -0.1) is 0 Å². The van der Waals surface area contributed by atoms with Gasteiger partial charge < -0.3 is 18.9 Å². The largest absolute Gasteiger partial charge is 0.478 e. The van der Waals surface area contributed by atoms with Gasteiger partial charge in [0.2, 0.25) is 5.91 Å². The molecule has 0 aliphatic rings. The second kappa shape index (κ2) is 6.68. The van der Waals surface area contributed by atoms with Gasteiger partial charge in [0.1, 0.15) is 22.8 Å². The lowest BCUT2D eigenvalue weighted by Crippen LogP contribution is -2.26. The van der Waals surface area contributed by atoms with Crippen molar-refractivity contribution in [2.75, 3.05) is 7.05 Å². The van der Waals surface area contributed by atoms with Crippen molar-refractivity contribution >= 4 is 11.9 Å². The predicted octanol–water partition coefficient (Wildman–Crippen LogP) is 2.48. The van der Waals surface area contributed by atoms with Gasteiger partial charge in [-0.3, -0.25) is 4.79 Å². The van der Waals surface area contributed by atoms with E-state index in [9.17, 15) is 9.59 Å². The molecular formula is C16H20N2O5. The summed E-state index contributed by atoms with van der Waals surface area (Å²) in [6.07, 6.45) is 0.882. The number of hydrogen-bond acceptors (Lipinski definition) is 5. The number of carbonyl (C=O) groups is 2. The van der Waals surface area contributed by atoms with Crippen molar-refractivity contribution in [3.8, 4) is 0 Å². The molecule has 124 valence electrons. The molecule has 0 saturated carbocycles. The van der Waals surface area contributed by atoms with Crippen LogP contribution in [0, 0.1) is 20.8 Å². The molecule has 0 aliphatic carbocycles. The first-order valence-corrected chi connectivity index (χ1v) is 7.28. The average Bonchev–Trinajstić information content (AvgIpc) is 3.00. The number of carboxylic acids is 1. The Bertz CT molecular complexity index is 709. The number of carboxylic acid groups (broad SMARTS) is 1. The van der Waals surface area contributed by atoms with Gasteiger partial charge in [0.05, 0.1) is 12.2 Å². The molecule has 0 saturated heterocycles. The molecule has 0 radical (unpaired) electrons. The summed E-state index contributed by atoms with van der Waals surface area (Å²) in [6.45, 7) is 5.49. The Morgan fingerprint density at radius 1 is 1.26 bits per heavy atom. The number of aromatic nitrogens is 1. The number of aryl methyl sites for hydroxylation is 3. The molecule has 2 rings (SSSR count). The van der Waals surface area contributed by atoms with Crippen LogP contribution in [-0.2, 0) is 17.8 Å². The standard InChI is InChI=1S/C16H20N2O5/c1-9-13(11(3)23-17-9)5-6-15(19)18(4)8-12-7-14(16(20)21)10(2)22-12/h7H,5-6,8H2,1-4H3,(H,20,21). The maximum Gasteiger partial charge on any atom is 0.339 e. The van der Waals surface area contributed by atoms with Gasteiger partial charge in [-0.25, -0.2) is 4.79 Å². The summed E-state index contributed by atoms with van der Waals surface area (Å²) >= 11 is 0. The first-order chi connectivity index (χ1) is 10.8. The maximum atomic E-state index is 12.2. The molecule has 0 aliphatic heterocycles. The molecule has 2 aromatic rings. The van der Waals surface area contributed by atoms with Crippen LogP contribution in [0.2, 0.25) is 0 Å². The van der Waals surface area contributed by atoms with Gasteiger partial charge in [-0.2, -0.15) is 0 Å². The monoisotopic (exact) mass is 320 g/mol. The first kappa shape index (κ1) is 16.8. The van der Waals surface area contributed by atoms with E-state index < -0.39 is 5.97 Å². The van der Waals surface area contributed by atoms with Crippen LogP contribution in [0.1, 0.15) is 45.3 Å². The minimum atomic E-state index is -1.04. The summed E-state index contributed by atoms with van der Waals surface area (Å²) < 4.78 is 10.5. The smallest absolute Gasteiger partial charge is 0.339 e. The van der Waals surface area contributed by atoms with Crippen molar-refractivity contribution in [1.29, 1.82) is 0 Å². The number of carbonyl (C=O) groups excluding carboxylic acids is 1. The van der Waals surface area contributed by atoms with Crippen molar-refractivity contribution in [3.05, 3.63) is 40.2 Å². The SMILES string of the molecule is Cc1noc(C)c1CCC(=O)N(C)Cc1cc(C(=O)O)c(C)o1. The fraction of sp³-hybridized carbons (Fsp3) is 0.438. The Morgan fingerprint density at radius 3 is 2.48 bits per heavy atom. The van der Waals surface area contributed by atoms with E-state index in [1.54, 1.807) is 14.0 Å².